The Hall–Kier alpha value is -2.95. The van der Waals surface area contributed by atoms with Crippen LogP contribution in [0.2, 0.25) is 0 Å². The molecule has 2 aromatic carbocycles. The first-order valence-corrected chi connectivity index (χ1v) is 14.9. The summed E-state index contributed by atoms with van der Waals surface area (Å²) >= 11 is 0. The van der Waals surface area contributed by atoms with Gasteiger partial charge in [-0.25, -0.2) is 8.42 Å². The molecular weight excluding hydrogens is 518 g/mol. The van der Waals surface area contributed by atoms with Crippen molar-refractivity contribution in [3.05, 3.63) is 48.0 Å². The maximum atomic E-state index is 13.8. The molecule has 0 radical (unpaired) electrons. The Morgan fingerprint density at radius 3 is 2.28 bits per heavy atom. The number of hydrogen-bond donors (Lipinski definition) is 1. The topological polar surface area (TPSA) is 107 Å². The lowest BCUT2D eigenvalue weighted by Gasteiger charge is -2.38. The second-order valence-corrected chi connectivity index (χ2v) is 12.9. The Morgan fingerprint density at radius 2 is 1.72 bits per heavy atom. The average molecular weight is 558 g/mol. The summed E-state index contributed by atoms with van der Waals surface area (Å²) in [5.74, 6) is -0.0136. The summed E-state index contributed by atoms with van der Waals surface area (Å²) in [5.41, 5.74) is 2.09. The van der Waals surface area contributed by atoms with Crippen molar-refractivity contribution in [2.75, 3.05) is 40.8 Å². The van der Waals surface area contributed by atoms with Crippen molar-refractivity contribution in [2.45, 2.75) is 50.2 Å². The van der Waals surface area contributed by atoms with E-state index < -0.39 is 22.2 Å². The molecule has 9 nitrogen and oxygen atoms in total. The Bertz CT molecular complexity index is 1310. The lowest BCUT2D eigenvalue weighted by Crippen LogP contribution is -2.50. The minimum absolute atomic E-state index is 0.0239. The van der Waals surface area contributed by atoms with Crippen LogP contribution in [0.15, 0.2) is 47.4 Å². The van der Waals surface area contributed by atoms with Crippen molar-refractivity contribution >= 4 is 21.8 Å². The van der Waals surface area contributed by atoms with Gasteiger partial charge < -0.3 is 19.6 Å². The number of aliphatic hydroxyl groups excluding tert-OH is 1. The molecule has 0 saturated heterocycles. The largest absolute Gasteiger partial charge is 0.487 e. The van der Waals surface area contributed by atoms with E-state index in [4.69, 9.17) is 4.74 Å². The minimum Gasteiger partial charge on any atom is -0.487 e. The quantitative estimate of drug-likeness (QED) is 0.561. The molecule has 1 fully saturated rings. The maximum Gasteiger partial charge on any atom is 0.253 e. The number of amides is 2. The number of carbonyl (C=O) groups excluding carboxylic acids is 2. The standard InChI is InChI=1S/C29H39N3O6S/c1-19-16-32(20(2)18-33)39(36,37)27-14-13-24(21-9-11-23(12-10-21)28(34)30(3)4)15-25(27)38-26(19)17-31(5)29(35)22-7-6-8-22/h9-15,19-20,22,26,33H,6-8,16-18H2,1-5H3/t19-,20-,26+/m1/s1. The molecule has 2 amide bonds. The van der Waals surface area contributed by atoms with E-state index in [0.717, 1.165) is 30.4 Å². The van der Waals surface area contributed by atoms with Crippen LogP contribution in [0.3, 0.4) is 0 Å². The Kier molecular flexibility index (Phi) is 8.68. The van der Waals surface area contributed by atoms with E-state index >= 15 is 0 Å². The molecule has 1 N–H and O–H groups in total. The molecule has 0 unspecified atom stereocenters. The van der Waals surface area contributed by atoms with Gasteiger partial charge in [0.15, 0.2) is 0 Å². The van der Waals surface area contributed by atoms with Crippen molar-refractivity contribution in [3.63, 3.8) is 0 Å². The summed E-state index contributed by atoms with van der Waals surface area (Å²) in [7, 11) is 1.19. The van der Waals surface area contributed by atoms with Crippen molar-refractivity contribution in [2.24, 2.45) is 11.8 Å². The molecule has 1 aliphatic heterocycles. The van der Waals surface area contributed by atoms with E-state index in [0.29, 0.717) is 12.1 Å². The number of sulfonamides is 1. The Morgan fingerprint density at radius 1 is 1.08 bits per heavy atom. The number of aliphatic hydroxyl groups is 1. The van der Waals surface area contributed by atoms with Crippen LogP contribution in [0.25, 0.3) is 11.1 Å². The number of carbonyl (C=O) groups is 2. The Labute approximate surface area is 231 Å². The fraction of sp³-hybridized carbons (Fsp3) is 0.517. The third-order valence-electron chi connectivity index (χ3n) is 7.82. The number of ether oxygens (including phenoxy) is 1. The maximum absolute atomic E-state index is 13.8. The third kappa shape index (κ3) is 5.97. The molecule has 0 bridgehead atoms. The number of benzene rings is 2. The first-order valence-electron chi connectivity index (χ1n) is 13.4. The zero-order chi connectivity index (χ0) is 28.5. The predicted octanol–water partition coefficient (Wildman–Crippen LogP) is 3.08. The van der Waals surface area contributed by atoms with Gasteiger partial charge in [0.1, 0.15) is 16.7 Å². The van der Waals surface area contributed by atoms with E-state index in [1.54, 1.807) is 57.2 Å². The molecule has 4 rings (SSSR count). The first-order chi connectivity index (χ1) is 18.4. The molecule has 212 valence electrons. The van der Waals surface area contributed by atoms with Gasteiger partial charge in [-0.3, -0.25) is 9.59 Å². The van der Waals surface area contributed by atoms with Crippen LogP contribution >= 0.6 is 0 Å². The van der Waals surface area contributed by atoms with Crippen molar-refractivity contribution in [1.82, 2.24) is 14.1 Å². The molecule has 2 aromatic rings. The van der Waals surface area contributed by atoms with Crippen LogP contribution < -0.4 is 4.74 Å². The SMILES string of the molecule is C[C@@H]1CN([C@H](C)CO)S(=O)(=O)c2ccc(-c3ccc(C(=O)N(C)C)cc3)cc2O[C@H]1CN(C)C(=O)C1CCC1. The molecule has 39 heavy (non-hydrogen) atoms. The van der Waals surface area contributed by atoms with Gasteiger partial charge in [0.05, 0.1) is 13.2 Å². The monoisotopic (exact) mass is 557 g/mol. The first kappa shape index (κ1) is 29.0. The second-order valence-electron chi connectivity index (χ2n) is 11.0. The van der Waals surface area contributed by atoms with Gasteiger partial charge in [-0.05, 0) is 55.2 Å². The van der Waals surface area contributed by atoms with Crippen LogP contribution in [0, 0.1) is 11.8 Å². The van der Waals surface area contributed by atoms with E-state index in [-0.39, 0.29) is 47.4 Å². The van der Waals surface area contributed by atoms with Gasteiger partial charge >= 0.3 is 0 Å². The van der Waals surface area contributed by atoms with Crippen LogP contribution in [-0.4, -0.2) is 92.4 Å². The van der Waals surface area contributed by atoms with Crippen LogP contribution in [-0.2, 0) is 14.8 Å². The summed E-state index contributed by atoms with van der Waals surface area (Å²) in [4.78, 5) is 28.4. The highest BCUT2D eigenvalue weighted by Crippen LogP contribution is 2.37. The smallest absolute Gasteiger partial charge is 0.253 e. The number of hydrogen-bond acceptors (Lipinski definition) is 6. The van der Waals surface area contributed by atoms with E-state index in [9.17, 15) is 23.1 Å². The summed E-state index contributed by atoms with van der Waals surface area (Å²) in [6, 6.07) is 11.5. The van der Waals surface area contributed by atoms with E-state index in [1.165, 1.54) is 15.3 Å². The number of rotatable bonds is 7. The third-order valence-corrected chi connectivity index (χ3v) is 9.84. The zero-order valence-corrected chi connectivity index (χ0v) is 24.1. The van der Waals surface area contributed by atoms with Gasteiger partial charge in [-0.1, -0.05) is 31.5 Å². The highest BCUT2D eigenvalue weighted by Gasteiger charge is 2.39. The fourth-order valence-electron chi connectivity index (χ4n) is 5.01. The van der Waals surface area contributed by atoms with Gasteiger partial charge in [0, 0.05) is 51.1 Å². The molecule has 1 heterocycles. The van der Waals surface area contributed by atoms with Crippen LogP contribution in [0.1, 0.15) is 43.5 Å². The van der Waals surface area contributed by atoms with Gasteiger partial charge in [0.2, 0.25) is 15.9 Å². The van der Waals surface area contributed by atoms with Crippen molar-refractivity contribution in [3.8, 4) is 16.9 Å². The van der Waals surface area contributed by atoms with E-state index in [2.05, 4.69) is 0 Å². The molecule has 1 saturated carbocycles. The minimum atomic E-state index is -3.97. The van der Waals surface area contributed by atoms with Crippen molar-refractivity contribution < 1.29 is 27.9 Å². The second kappa shape index (κ2) is 11.7. The molecule has 0 aromatic heterocycles. The van der Waals surface area contributed by atoms with Gasteiger partial charge in [-0.2, -0.15) is 4.31 Å². The zero-order valence-electron chi connectivity index (χ0n) is 23.3. The molecule has 0 spiro atoms. The lowest BCUT2D eigenvalue weighted by molar-refractivity contribution is -0.138. The molecule has 2 aliphatic rings. The number of likely N-dealkylation sites (N-methyl/N-ethyl adjacent to an activating group) is 1. The lowest BCUT2D eigenvalue weighted by atomic mass is 9.84. The number of nitrogens with zero attached hydrogens (tertiary/aromatic N) is 3. The summed E-state index contributed by atoms with van der Waals surface area (Å²) in [6.45, 7) is 3.75. The summed E-state index contributed by atoms with van der Waals surface area (Å²) < 4.78 is 35.3. The normalized spacial score (nSPS) is 21.9. The molecular formula is C29H39N3O6S. The Balaban J connectivity index is 1.72. The predicted molar refractivity (Wildman–Crippen MR) is 149 cm³/mol. The van der Waals surface area contributed by atoms with E-state index in [1.807, 2.05) is 19.1 Å². The highest BCUT2D eigenvalue weighted by molar-refractivity contribution is 7.89. The fourth-order valence-corrected chi connectivity index (χ4v) is 6.84. The van der Waals surface area contributed by atoms with Gasteiger partial charge in [-0.15, -0.1) is 0 Å². The summed E-state index contributed by atoms with van der Waals surface area (Å²) in [6.07, 6.45) is 2.40. The highest BCUT2D eigenvalue weighted by atomic mass is 32.2. The molecule has 10 heteroatoms. The summed E-state index contributed by atoms with van der Waals surface area (Å²) in [5, 5.41) is 9.87. The molecule has 1 aliphatic carbocycles. The van der Waals surface area contributed by atoms with Gasteiger partial charge in [0.25, 0.3) is 5.91 Å². The van der Waals surface area contributed by atoms with Crippen molar-refractivity contribution in [1.29, 1.82) is 0 Å². The average Bonchev–Trinajstić information content (AvgIpc) is 2.88. The van der Waals surface area contributed by atoms with Crippen LogP contribution in [0.5, 0.6) is 5.75 Å². The molecule has 3 atom stereocenters. The number of fused-ring (bicyclic) bond motifs is 1. The van der Waals surface area contributed by atoms with Crippen LogP contribution in [0.4, 0.5) is 0 Å².